The molecule has 0 nitrogen and oxygen atoms in total. The monoisotopic (exact) mass is 263 g/mol. The Balaban J connectivity index is -0.00000000500. The molecule has 0 aliphatic heterocycles. The van der Waals surface area contributed by atoms with Crippen molar-refractivity contribution < 1.29 is 55.1 Å². The van der Waals surface area contributed by atoms with Crippen molar-refractivity contribution in [3.8, 4) is 0 Å². The van der Waals surface area contributed by atoms with E-state index < -0.39 is 0 Å². The number of hydrogen-bond acceptors (Lipinski definition) is 0. The summed E-state index contributed by atoms with van der Waals surface area (Å²) in [5.41, 5.74) is 0. The Morgan fingerprint density at radius 3 is 1.25 bits per heavy atom. The van der Waals surface area contributed by atoms with Crippen LogP contribution in [-0.4, -0.2) is 24.4 Å². The second kappa shape index (κ2) is 17.6. The van der Waals surface area contributed by atoms with Crippen molar-refractivity contribution in [3.63, 3.8) is 0 Å². The van der Waals surface area contributed by atoms with Gasteiger partial charge in [-0.05, 0) is 0 Å². The van der Waals surface area contributed by atoms with Crippen molar-refractivity contribution in [1.29, 1.82) is 0 Å². The summed E-state index contributed by atoms with van der Waals surface area (Å²) in [4.78, 5) is 0. The third-order valence-electron chi connectivity index (χ3n) is 0. The molecule has 0 heterocycles. The van der Waals surface area contributed by atoms with E-state index in [1.165, 1.54) is 24.4 Å². The van der Waals surface area contributed by atoms with Gasteiger partial charge in [0, 0.05) is 55.1 Å². The maximum absolute atomic E-state index is 1.44. The Hall–Kier alpha value is 2.57. The van der Waals surface area contributed by atoms with Crippen LogP contribution in [0.1, 0.15) is 0 Å². The molecule has 0 fully saturated rings. The summed E-state index contributed by atoms with van der Waals surface area (Å²) in [6.07, 6.45) is 0. The van der Waals surface area contributed by atoms with Crippen LogP contribution in [0.25, 0.3) is 0 Å². The SMILES string of the molecule is [AlH2][SiH3].[La].[Zn]. The molecule has 0 saturated heterocycles. The minimum absolute atomic E-state index is 0. The molecule has 0 rings (SSSR count). The maximum atomic E-state index is 1.44. The zero-order valence-corrected chi connectivity index (χ0v) is 13.9. The quantitative estimate of drug-likeness (QED) is 0.440. The molecule has 0 aromatic heterocycles. The topological polar surface area (TPSA) is 0 Å². The Bertz CT molecular complexity index is 8.00. The smallest absolute Gasteiger partial charge is 0.0504 e. The molecule has 0 saturated carbocycles. The van der Waals surface area contributed by atoms with Gasteiger partial charge in [0.15, 0.2) is 15.6 Å². The van der Waals surface area contributed by atoms with Crippen molar-refractivity contribution in [2.24, 2.45) is 0 Å². The standard InChI is InChI=1S/Al.La.H3Si.Zn.2H/h;;1H3;;;. The fraction of sp³-hybridized carbons (Fsp3) is 0. The normalized spacial score (nSPS) is 2.00. The van der Waals surface area contributed by atoms with Crippen LogP contribution >= 0.6 is 0 Å². The van der Waals surface area contributed by atoms with Crippen LogP contribution in [0.5, 0.6) is 0 Å². The first-order chi connectivity index (χ1) is 1.00. The summed E-state index contributed by atoms with van der Waals surface area (Å²) < 4.78 is 0. The van der Waals surface area contributed by atoms with E-state index in [1.807, 2.05) is 0 Å². The molecule has 0 aromatic carbocycles. The van der Waals surface area contributed by atoms with Gasteiger partial charge in [-0.3, -0.25) is 0 Å². The Morgan fingerprint density at radius 2 is 1.25 bits per heavy atom. The van der Waals surface area contributed by atoms with Gasteiger partial charge in [0.1, 0.15) is 0 Å². The Labute approximate surface area is 78.1 Å². The van der Waals surface area contributed by atoms with Crippen LogP contribution in [0.4, 0.5) is 0 Å². The van der Waals surface area contributed by atoms with Crippen LogP contribution in [0, 0.1) is 35.6 Å². The maximum Gasteiger partial charge on any atom is 0.193 e. The van der Waals surface area contributed by atoms with Gasteiger partial charge in [-0.25, -0.2) is 0 Å². The molecule has 0 aromatic rings. The minimum atomic E-state index is 0. The van der Waals surface area contributed by atoms with Crippen molar-refractivity contribution >= 4 is 24.4 Å². The number of hydrogen-bond donors (Lipinski definition) is 0. The molecule has 0 N–H and O–H groups in total. The molecule has 0 bridgehead atoms. The van der Waals surface area contributed by atoms with Crippen LogP contribution < -0.4 is 0 Å². The minimum Gasteiger partial charge on any atom is -0.0504 e. The average molecular weight is 264 g/mol. The van der Waals surface area contributed by atoms with Gasteiger partial charge in [-0.15, -0.1) is 0 Å². The Kier molecular flexibility index (Phi) is 70.5. The van der Waals surface area contributed by atoms with Gasteiger partial charge in [0.2, 0.25) is 0 Å². The van der Waals surface area contributed by atoms with Gasteiger partial charge in [-0.1, -0.05) is 8.80 Å². The fourth-order valence-corrected chi connectivity index (χ4v) is 0. The fourth-order valence-electron chi connectivity index (χ4n) is 0. The first-order valence-corrected chi connectivity index (χ1v) is 9.00. The predicted octanol–water partition coefficient (Wildman–Crippen LogP) is -2.10. The number of rotatable bonds is 0. The van der Waals surface area contributed by atoms with Crippen LogP contribution in [-0.2, 0) is 19.5 Å². The Morgan fingerprint density at radius 1 is 1.25 bits per heavy atom. The summed E-state index contributed by atoms with van der Waals surface area (Å²) in [6.45, 7) is 0. The van der Waals surface area contributed by atoms with E-state index in [4.69, 9.17) is 0 Å². The molecule has 0 aliphatic rings. The van der Waals surface area contributed by atoms with Gasteiger partial charge in [-0.2, -0.15) is 0 Å². The molecule has 0 atom stereocenters. The van der Waals surface area contributed by atoms with Crippen LogP contribution in [0.2, 0.25) is 0 Å². The molecule has 4 heteroatoms. The summed E-state index contributed by atoms with van der Waals surface area (Å²) >= 11 is 1.44. The molecule has 17 valence electrons. The van der Waals surface area contributed by atoms with E-state index in [2.05, 4.69) is 0 Å². The van der Waals surface area contributed by atoms with Gasteiger partial charge < -0.3 is 0 Å². The van der Waals surface area contributed by atoms with Crippen LogP contribution in [0.3, 0.4) is 0 Å². The second-order valence-corrected chi connectivity index (χ2v) is 0. The van der Waals surface area contributed by atoms with Crippen molar-refractivity contribution in [3.05, 3.63) is 0 Å². The molecule has 4 heavy (non-hydrogen) atoms. The summed E-state index contributed by atoms with van der Waals surface area (Å²) in [5.74, 6) is 0. The van der Waals surface area contributed by atoms with Gasteiger partial charge in [0.25, 0.3) is 0 Å². The van der Waals surface area contributed by atoms with Gasteiger partial charge >= 0.3 is 0 Å². The summed E-state index contributed by atoms with van der Waals surface area (Å²) in [6, 6.07) is 0. The summed E-state index contributed by atoms with van der Waals surface area (Å²) in [5, 5.41) is 0. The molecule has 0 unspecified atom stereocenters. The first-order valence-electron chi connectivity index (χ1n) is 1.00. The van der Waals surface area contributed by atoms with Gasteiger partial charge in [0.05, 0.1) is 0 Å². The molecular formula is H5AlLaSiZn. The molecule has 0 spiro atoms. The van der Waals surface area contributed by atoms with E-state index in [0.717, 1.165) is 0 Å². The van der Waals surface area contributed by atoms with E-state index in [-0.39, 0.29) is 55.1 Å². The molecule has 1 radical (unpaired) electrons. The van der Waals surface area contributed by atoms with Crippen LogP contribution in [0.15, 0.2) is 0 Å². The molecule has 0 amide bonds. The second-order valence-electron chi connectivity index (χ2n) is 0. The van der Waals surface area contributed by atoms with E-state index >= 15 is 0 Å². The van der Waals surface area contributed by atoms with E-state index in [1.54, 1.807) is 0 Å². The third-order valence-corrected chi connectivity index (χ3v) is 0. The largest absolute Gasteiger partial charge is 0.193 e. The first kappa shape index (κ1) is 16.0. The molecular weight excluding hydrogens is 259 g/mol. The zero-order chi connectivity index (χ0) is 2.00. The van der Waals surface area contributed by atoms with E-state index in [9.17, 15) is 0 Å². The summed E-state index contributed by atoms with van der Waals surface area (Å²) in [7, 11) is 1.44. The molecule has 0 aliphatic carbocycles. The predicted molar refractivity (Wildman–Crippen MR) is 18.5 cm³/mol. The van der Waals surface area contributed by atoms with E-state index in [0.29, 0.717) is 0 Å². The zero-order valence-electron chi connectivity index (χ0n) is 3.28. The van der Waals surface area contributed by atoms with Crippen molar-refractivity contribution in [2.45, 2.75) is 0 Å². The van der Waals surface area contributed by atoms with Crippen molar-refractivity contribution in [1.82, 2.24) is 0 Å². The average Bonchev–Trinajstić information content (AvgIpc) is 1.00. The third kappa shape index (κ3) is 8.82. The van der Waals surface area contributed by atoms with Crippen molar-refractivity contribution in [2.75, 3.05) is 0 Å².